The van der Waals surface area contributed by atoms with Gasteiger partial charge in [0.2, 0.25) is 0 Å². The van der Waals surface area contributed by atoms with Crippen LogP contribution in [0.5, 0.6) is 5.75 Å². The minimum Gasteiger partial charge on any atom is -0.508 e. The summed E-state index contributed by atoms with van der Waals surface area (Å²) < 4.78 is 0. The van der Waals surface area contributed by atoms with E-state index in [1.807, 2.05) is 0 Å². The number of carboxylic acids is 1. The number of carbonyl (C=O) groups is 1. The van der Waals surface area contributed by atoms with E-state index < -0.39 is 5.97 Å². The van der Waals surface area contributed by atoms with E-state index in [1.54, 1.807) is 24.3 Å². The second-order valence-corrected chi connectivity index (χ2v) is 4.40. The van der Waals surface area contributed by atoms with Crippen molar-refractivity contribution in [2.45, 2.75) is 27.3 Å². The van der Waals surface area contributed by atoms with Crippen molar-refractivity contribution in [1.29, 1.82) is 0 Å². The predicted molar refractivity (Wildman–Crippen MR) is 68.0 cm³/mol. The number of aliphatic carboxylic acids is 1. The molecule has 0 saturated carbocycles. The first kappa shape index (κ1) is 15.4. The fourth-order valence-corrected chi connectivity index (χ4v) is 0.928. The fraction of sp³-hybridized carbons (Fsp3) is 0.462. The number of rotatable bonds is 4. The van der Waals surface area contributed by atoms with Crippen LogP contribution in [0.25, 0.3) is 0 Å². The van der Waals surface area contributed by atoms with Crippen LogP contribution in [0.4, 0.5) is 0 Å². The van der Waals surface area contributed by atoms with Gasteiger partial charge in [0, 0.05) is 6.54 Å². The maximum atomic E-state index is 10.1. The second-order valence-electron chi connectivity index (χ2n) is 4.40. The molecule has 0 aliphatic heterocycles. The van der Waals surface area contributed by atoms with Crippen molar-refractivity contribution in [3.8, 4) is 5.75 Å². The molecule has 1 rings (SSSR count). The number of hydrogen-bond donors (Lipinski definition) is 3. The van der Waals surface area contributed by atoms with Crippen molar-refractivity contribution >= 4 is 5.97 Å². The molecule has 0 bridgehead atoms. The van der Waals surface area contributed by atoms with E-state index in [0.717, 1.165) is 11.5 Å². The average Bonchev–Trinajstić information content (AvgIpc) is 2.19. The number of phenolic OH excluding ortho intramolecular Hbond substituents is 1. The highest BCUT2D eigenvalue weighted by molar-refractivity contribution is 5.68. The van der Waals surface area contributed by atoms with E-state index in [9.17, 15) is 4.79 Å². The SMILES string of the molecule is CC(C)C.O=C(O)CNCc1ccc(O)cc1. The van der Waals surface area contributed by atoms with Crippen LogP contribution in [0.2, 0.25) is 0 Å². The first-order valence-electron chi connectivity index (χ1n) is 5.62. The zero-order valence-corrected chi connectivity index (χ0v) is 10.6. The second kappa shape index (κ2) is 8.58. The summed E-state index contributed by atoms with van der Waals surface area (Å²) in [5.74, 6) is 0.167. The number of benzene rings is 1. The lowest BCUT2D eigenvalue weighted by atomic mass is 10.2. The molecule has 0 aliphatic carbocycles. The number of nitrogens with one attached hydrogen (secondary N) is 1. The first-order chi connectivity index (χ1) is 7.91. The van der Waals surface area contributed by atoms with Gasteiger partial charge in [-0.1, -0.05) is 32.9 Å². The summed E-state index contributed by atoms with van der Waals surface area (Å²) in [6.07, 6.45) is 0. The molecule has 0 spiro atoms. The van der Waals surface area contributed by atoms with E-state index in [2.05, 4.69) is 26.1 Å². The molecule has 0 heterocycles. The summed E-state index contributed by atoms with van der Waals surface area (Å²) in [6, 6.07) is 6.62. The minimum absolute atomic E-state index is 0.0547. The number of aromatic hydroxyl groups is 1. The van der Waals surface area contributed by atoms with Crippen molar-refractivity contribution in [3.63, 3.8) is 0 Å². The fourth-order valence-electron chi connectivity index (χ4n) is 0.928. The Bertz CT molecular complexity index is 317. The highest BCUT2D eigenvalue weighted by Crippen LogP contribution is 2.08. The van der Waals surface area contributed by atoms with Gasteiger partial charge in [-0.05, 0) is 23.6 Å². The molecule has 1 aromatic rings. The molecule has 1 aromatic carbocycles. The van der Waals surface area contributed by atoms with Crippen LogP contribution in [0, 0.1) is 5.92 Å². The molecule has 4 nitrogen and oxygen atoms in total. The van der Waals surface area contributed by atoms with Crippen LogP contribution < -0.4 is 5.32 Å². The van der Waals surface area contributed by atoms with Crippen molar-refractivity contribution in [2.24, 2.45) is 5.92 Å². The van der Waals surface area contributed by atoms with E-state index >= 15 is 0 Å². The molecular formula is C13H21NO3. The van der Waals surface area contributed by atoms with Gasteiger partial charge in [-0.2, -0.15) is 0 Å². The summed E-state index contributed by atoms with van der Waals surface area (Å²) in [7, 11) is 0. The molecule has 0 saturated heterocycles. The van der Waals surface area contributed by atoms with Gasteiger partial charge < -0.3 is 15.5 Å². The molecule has 0 aromatic heterocycles. The van der Waals surface area contributed by atoms with Crippen molar-refractivity contribution in [2.75, 3.05) is 6.54 Å². The van der Waals surface area contributed by atoms with Gasteiger partial charge in [0.1, 0.15) is 5.75 Å². The quantitative estimate of drug-likeness (QED) is 0.753. The highest BCUT2D eigenvalue weighted by Gasteiger charge is 1.96. The molecule has 0 amide bonds. The smallest absolute Gasteiger partial charge is 0.317 e. The Balaban J connectivity index is 0.000000557. The summed E-state index contributed by atoms with van der Waals surface area (Å²) in [6.45, 7) is 6.94. The van der Waals surface area contributed by atoms with Crippen LogP contribution in [-0.2, 0) is 11.3 Å². The van der Waals surface area contributed by atoms with Gasteiger partial charge in [0.15, 0.2) is 0 Å². The van der Waals surface area contributed by atoms with Crippen LogP contribution in [-0.4, -0.2) is 22.7 Å². The van der Waals surface area contributed by atoms with E-state index in [-0.39, 0.29) is 12.3 Å². The number of hydrogen-bond acceptors (Lipinski definition) is 3. The third-order valence-corrected chi connectivity index (χ3v) is 1.54. The van der Waals surface area contributed by atoms with Crippen LogP contribution in [0.15, 0.2) is 24.3 Å². The Kier molecular flexibility index (Phi) is 7.80. The largest absolute Gasteiger partial charge is 0.508 e. The first-order valence-corrected chi connectivity index (χ1v) is 5.62. The molecule has 96 valence electrons. The molecule has 0 unspecified atom stereocenters. The lowest BCUT2D eigenvalue weighted by Gasteiger charge is -2.01. The Hall–Kier alpha value is -1.55. The summed E-state index contributed by atoms with van der Waals surface area (Å²) in [5, 5.41) is 20.0. The molecule has 3 N–H and O–H groups in total. The van der Waals surface area contributed by atoms with Gasteiger partial charge in [0.05, 0.1) is 6.54 Å². The number of phenols is 1. The van der Waals surface area contributed by atoms with E-state index in [0.29, 0.717) is 6.54 Å². The molecule has 0 atom stereocenters. The maximum absolute atomic E-state index is 10.1. The molecule has 0 radical (unpaired) electrons. The van der Waals surface area contributed by atoms with Gasteiger partial charge >= 0.3 is 5.97 Å². The van der Waals surface area contributed by atoms with E-state index in [4.69, 9.17) is 10.2 Å². The Morgan fingerprint density at radius 3 is 2.12 bits per heavy atom. The van der Waals surface area contributed by atoms with Crippen molar-refractivity contribution in [3.05, 3.63) is 29.8 Å². The molecule has 17 heavy (non-hydrogen) atoms. The molecule has 0 fully saturated rings. The van der Waals surface area contributed by atoms with Crippen LogP contribution in [0.3, 0.4) is 0 Å². The summed E-state index contributed by atoms with van der Waals surface area (Å²) >= 11 is 0. The standard InChI is InChI=1S/C9H11NO3.C4H10/c11-8-3-1-7(2-4-8)5-10-6-9(12)13;1-4(2)3/h1-4,10-11H,5-6H2,(H,12,13);4H,1-3H3. The monoisotopic (exact) mass is 239 g/mol. The zero-order valence-electron chi connectivity index (χ0n) is 10.6. The predicted octanol–water partition coefficient (Wildman–Crippen LogP) is 2.23. The van der Waals surface area contributed by atoms with Crippen LogP contribution in [0.1, 0.15) is 26.3 Å². The summed E-state index contributed by atoms with van der Waals surface area (Å²) in [5.41, 5.74) is 0.944. The zero-order chi connectivity index (χ0) is 13.3. The third-order valence-electron chi connectivity index (χ3n) is 1.54. The van der Waals surface area contributed by atoms with Crippen molar-refractivity contribution in [1.82, 2.24) is 5.32 Å². The molecular weight excluding hydrogens is 218 g/mol. The lowest BCUT2D eigenvalue weighted by Crippen LogP contribution is -2.21. The van der Waals surface area contributed by atoms with Gasteiger partial charge in [-0.15, -0.1) is 0 Å². The van der Waals surface area contributed by atoms with E-state index in [1.165, 1.54) is 0 Å². The van der Waals surface area contributed by atoms with Crippen molar-refractivity contribution < 1.29 is 15.0 Å². The van der Waals surface area contributed by atoms with Gasteiger partial charge in [-0.3, -0.25) is 4.79 Å². The topological polar surface area (TPSA) is 69.6 Å². The highest BCUT2D eigenvalue weighted by atomic mass is 16.4. The third kappa shape index (κ3) is 10.7. The van der Waals surface area contributed by atoms with Gasteiger partial charge in [-0.25, -0.2) is 0 Å². The Morgan fingerprint density at radius 2 is 1.71 bits per heavy atom. The maximum Gasteiger partial charge on any atom is 0.317 e. The normalized spacial score (nSPS) is 9.65. The average molecular weight is 239 g/mol. The lowest BCUT2D eigenvalue weighted by molar-refractivity contribution is -0.135. The Labute approximate surface area is 102 Å². The molecule has 0 aliphatic rings. The molecule has 4 heteroatoms. The summed E-state index contributed by atoms with van der Waals surface area (Å²) in [4.78, 5) is 10.1. The minimum atomic E-state index is -0.876. The van der Waals surface area contributed by atoms with Crippen LogP contribution >= 0.6 is 0 Å². The Morgan fingerprint density at radius 1 is 1.24 bits per heavy atom. The van der Waals surface area contributed by atoms with Gasteiger partial charge in [0.25, 0.3) is 0 Å². The number of carboxylic acid groups (broad SMARTS) is 1.